The molecule has 0 radical (unpaired) electrons. The Morgan fingerprint density at radius 3 is 2.78 bits per heavy atom. The molecule has 142 valence electrons. The first kappa shape index (κ1) is 17.3. The second-order valence-electron chi connectivity index (χ2n) is 6.44. The Bertz CT molecular complexity index is 844. The van der Waals surface area contributed by atoms with Crippen LogP contribution in [0.25, 0.3) is 0 Å². The zero-order chi connectivity index (χ0) is 18.6. The van der Waals surface area contributed by atoms with Crippen molar-refractivity contribution in [3.8, 4) is 11.5 Å². The van der Waals surface area contributed by atoms with Gasteiger partial charge in [-0.15, -0.1) is 0 Å². The quantitative estimate of drug-likeness (QED) is 0.635. The van der Waals surface area contributed by atoms with E-state index in [-0.39, 0.29) is 17.6 Å². The van der Waals surface area contributed by atoms with Crippen LogP contribution in [0.3, 0.4) is 0 Å². The smallest absolute Gasteiger partial charge is 0.271 e. The van der Waals surface area contributed by atoms with Crippen molar-refractivity contribution in [3.63, 3.8) is 0 Å². The van der Waals surface area contributed by atoms with E-state index in [4.69, 9.17) is 9.47 Å². The van der Waals surface area contributed by atoms with Crippen LogP contribution in [0.5, 0.6) is 11.5 Å². The molecule has 4 rings (SSSR count). The molecule has 0 unspecified atom stereocenters. The van der Waals surface area contributed by atoms with Crippen molar-refractivity contribution in [1.29, 1.82) is 0 Å². The van der Waals surface area contributed by atoms with Gasteiger partial charge in [0.05, 0.1) is 17.4 Å². The number of H-pyrrole nitrogens is 1. The highest BCUT2D eigenvalue weighted by molar-refractivity contribution is 6.09. The molecular formula is C18H21N5O4. The predicted octanol–water partition coefficient (Wildman–Crippen LogP) is 0.915. The number of ether oxygens (including phenoxy) is 2. The number of aromatic nitrogens is 2. The molecule has 1 aromatic carbocycles. The Morgan fingerprint density at radius 2 is 1.93 bits per heavy atom. The van der Waals surface area contributed by atoms with E-state index in [0.29, 0.717) is 36.0 Å². The summed E-state index contributed by atoms with van der Waals surface area (Å²) in [4.78, 5) is 25.3. The first-order valence-electron chi connectivity index (χ1n) is 8.97. The Kier molecular flexibility index (Phi) is 4.93. The maximum Gasteiger partial charge on any atom is 0.271 e. The summed E-state index contributed by atoms with van der Waals surface area (Å²) in [6, 6.07) is 5.23. The average molecular weight is 371 g/mol. The third-order valence-electron chi connectivity index (χ3n) is 4.60. The average Bonchev–Trinajstić information content (AvgIpc) is 3.16. The molecule has 3 heterocycles. The summed E-state index contributed by atoms with van der Waals surface area (Å²) >= 11 is 0. The van der Waals surface area contributed by atoms with Crippen LogP contribution in [0.1, 0.15) is 33.7 Å². The molecule has 0 saturated carbocycles. The van der Waals surface area contributed by atoms with Gasteiger partial charge >= 0.3 is 0 Å². The molecule has 0 bridgehead atoms. The molecule has 9 nitrogen and oxygen atoms in total. The van der Waals surface area contributed by atoms with E-state index in [2.05, 4.69) is 26.1 Å². The van der Waals surface area contributed by atoms with Gasteiger partial charge in [0.1, 0.15) is 18.9 Å². The van der Waals surface area contributed by atoms with E-state index in [1.807, 2.05) is 0 Å². The fourth-order valence-corrected chi connectivity index (χ4v) is 3.22. The summed E-state index contributed by atoms with van der Waals surface area (Å²) in [6.45, 7) is 2.57. The Labute approximate surface area is 155 Å². The van der Waals surface area contributed by atoms with Crippen molar-refractivity contribution in [2.45, 2.75) is 18.9 Å². The highest BCUT2D eigenvalue weighted by Gasteiger charge is 2.24. The van der Waals surface area contributed by atoms with Crippen molar-refractivity contribution in [2.75, 3.05) is 31.6 Å². The van der Waals surface area contributed by atoms with Crippen LogP contribution >= 0.6 is 0 Å². The number of fused-ring (bicyclic) bond motifs is 1. The van der Waals surface area contributed by atoms with E-state index in [0.717, 1.165) is 25.9 Å². The highest BCUT2D eigenvalue weighted by Crippen LogP contribution is 2.34. The van der Waals surface area contributed by atoms with E-state index in [1.54, 1.807) is 18.2 Å². The molecule has 1 aromatic heterocycles. The Hall–Kier alpha value is -3.07. The monoisotopic (exact) mass is 371 g/mol. The van der Waals surface area contributed by atoms with E-state index in [1.165, 1.54) is 6.20 Å². The van der Waals surface area contributed by atoms with Crippen molar-refractivity contribution in [1.82, 2.24) is 20.8 Å². The van der Waals surface area contributed by atoms with Gasteiger partial charge in [0.25, 0.3) is 11.8 Å². The molecule has 1 saturated heterocycles. The van der Waals surface area contributed by atoms with Gasteiger partial charge in [-0.2, -0.15) is 5.10 Å². The maximum atomic E-state index is 12.7. The Balaban J connectivity index is 1.48. The number of aromatic amines is 1. The number of hydrogen-bond acceptors (Lipinski definition) is 6. The number of hydrogen-bond donors (Lipinski definition) is 4. The first-order valence-corrected chi connectivity index (χ1v) is 8.97. The lowest BCUT2D eigenvalue weighted by atomic mass is 10.1. The van der Waals surface area contributed by atoms with Gasteiger partial charge < -0.3 is 25.4 Å². The summed E-state index contributed by atoms with van der Waals surface area (Å²) in [5, 5.41) is 15.5. The highest BCUT2D eigenvalue weighted by atomic mass is 16.6. The number of nitrogens with one attached hydrogen (secondary N) is 4. The van der Waals surface area contributed by atoms with Gasteiger partial charge in [-0.3, -0.25) is 14.7 Å². The van der Waals surface area contributed by atoms with Gasteiger partial charge in [0.15, 0.2) is 11.5 Å². The minimum absolute atomic E-state index is 0.109. The SMILES string of the molecule is O=C(Nc1cn[nH]c1C(=O)NC1CCNCC1)c1cccc2c1OCCO2. The Morgan fingerprint density at radius 1 is 1.11 bits per heavy atom. The third-order valence-corrected chi connectivity index (χ3v) is 4.60. The topological polar surface area (TPSA) is 117 Å². The fraction of sp³-hybridized carbons (Fsp3) is 0.389. The van der Waals surface area contributed by atoms with E-state index in [9.17, 15) is 9.59 Å². The van der Waals surface area contributed by atoms with E-state index >= 15 is 0 Å². The standard InChI is InChI=1S/C18H21N5O4/c24-17(12-2-1-3-14-16(12)27-9-8-26-14)22-13-10-20-23-15(13)18(25)21-11-4-6-19-7-5-11/h1-3,10-11,19H,4-9H2,(H,20,23)(H,21,25)(H,22,24). The minimum Gasteiger partial charge on any atom is -0.486 e. The van der Waals surface area contributed by atoms with Gasteiger partial charge in [0, 0.05) is 6.04 Å². The maximum absolute atomic E-state index is 12.7. The normalized spacial score (nSPS) is 16.6. The molecule has 4 N–H and O–H groups in total. The zero-order valence-electron chi connectivity index (χ0n) is 14.7. The molecule has 27 heavy (non-hydrogen) atoms. The number of anilines is 1. The molecule has 2 aliphatic heterocycles. The summed E-state index contributed by atoms with van der Waals surface area (Å²) in [5.41, 5.74) is 0.891. The van der Waals surface area contributed by atoms with Crippen LogP contribution in [-0.2, 0) is 0 Å². The number of carbonyl (C=O) groups excluding carboxylic acids is 2. The molecule has 2 aromatic rings. The fourth-order valence-electron chi connectivity index (χ4n) is 3.22. The summed E-state index contributed by atoms with van der Waals surface area (Å²) in [7, 11) is 0. The van der Waals surface area contributed by atoms with Crippen molar-refractivity contribution in [3.05, 3.63) is 35.7 Å². The summed E-state index contributed by atoms with van der Waals surface area (Å²) in [5.74, 6) is 0.259. The summed E-state index contributed by atoms with van der Waals surface area (Å²) in [6.07, 6.45) is 3.16. The number of nitrogens with zero attached hydrogens (tertiary/aromatic N) is 1. The van der Waals surface area contributed by atoms with Gasteiger partial charge in [-0.1, -0.05) is 6.07 Å². The van der Waals surface area contributed by atoms with Crippen LogP contribution in [-0.4, -0.2) is 54.4 Å². The zero-order valence-corrected chi connectivity index (χ0v) is 14.7. The lowest BCUT2D eigenvalue weighted by Gasteiger charge is -2.23. The van der Waals surface area contributed by atoms with Crippen LogP contribution in [0.2, 0.25) is 0 Å². The van der Waals surface area contributed by atoms with Crippen molar-refractivity contribution < 1.29 is 19.1 Å². The number of rotatable bonds is 4. The van der Waals surface area contributed by atoms with Gasteiger partial charge in [-0.25, -0.2) is 0 Å². The second kappa shape index (κ2) is 7.67. The van der Waals surface area contributed by atoms with Gasteiger partial charge in [-0.05, 0) is 38.1 Å². The third kappa shape index (κ3) is 3.72. The summed E-state index contributed by atoms with van der Waals surface area (Å²) < 4.78 is 11.1. The van der Waals surface area contributed by atoms with Gasteiger partial charge in [0.2, 0.25) is 0 Å². The van der Waals surface area contributed by atoms with Crippen LogP contribution in [0.15, 0.2) is 24.4 Å². The number of para-hydroxylation sites is 1. The molecule has 0 aliphatic carbocycles. The molecule has 0 atom stereocenters. The van der Waals surface area contributed by atoms with Crippen molar-refractivity contribution in [2.24, 2.45) is 0 Å². The van der Waals surface area contributed by atoms with Crippen LogP contribution in [0, 0.1) is 0 Å². The number of amides is 2. The van der Waals surface area contributed by atoms with Crippen molar-refractivity contribution >= 4 is 17.5 Å². The molecule has 0 spiro atoms. The van der Waals surface area contributed by atoms with Crippen LogP contribution in [0.4, 0.5) is 5.69 Å². The molecular weight excluding hydrogens is 350 g/mol. The number of piperidine rings is 1. The molecule has 1 fully saturated rings. The predicted molar refractivity (Wildman–Crippen MR) is 97.3 cm³/mol. The second-order valence-corrected chi connectivity index (χ2v) is 6.44. The molecule has 9 heteroatoms. The minimum atomic E-state index is -0.394. The lowest BCUT2D eigenvalue weighted by Crippen LogP contribution is -2.43. The largest absolute Gasteiger partial charge is 0.486 e. The van der Waals surface area contributed by atoms with E-state index < -0.39 is 5.91 Å². The molecule has 2 aliphatic rings. The molecule has 2 amide bonds. The van der Waals surface area contributed by atoms with Crippen LogP contribution < -0.4 is 25.4 Å². The number of benzene rings is 1. The lowest BCUT2D eigenvalue weighted by molar-refractivity contribution is 0.0925. The number of carbonyl (C=O) groups is 2. The first-order chi connectivity index (χ1) is 13.2.